The van der Waals surface area contributed by atoms with E-state index in [1.165, 1.54) is 18.2 Å². The summed E-state index contributed by atoms with van der Waals surface area (Å²) >= 11 is 0. The number of carboxylic acids is 1. The van der Waals surface area contributed by atoms with Crippen molar-refractivity contribution in [2.75, 3.05) is 13.2 Å². The van der Waals surface area contributed by atoms with Crippen LogP contribution in [0.25, 0.3) is 22.6 Å². The van der Waals surface area contributed by atoms with Crippen LogP contribution in [0.5, 0.6) is 11.5 Å². The number of hydrogen-bond donors (Lipinski definition) is 1. The SMILES string of the molecule is O=C(O)c1ccc2c(=O)n3c(nc2c1)/C(=C/c1ccc2c(c1)OCCO2)CC3. The highest BCUT2D eigenvalue weighted by Gasteiger charge is 2.22. The number of allylic oxidation sites excluding steroid dienone is 1. The Balaban J connectivity index is 1.62. The fraction of sp³-hybridized carbons (Fsp3) is 0.190. The molecule has 0 atom stereocenters. The minimum Gasteiger partial charge on any atom is -0.486 e. The van der Waals surface area contributed by atoms with Gasteiger partial charge in [-0.2, -0.15) is 0 Å². The number of nitrogens with zero attached hydrogens (tertiary/aromatic N) is 2. The highest BCUT2D eigenvalue weighted by atomic mass is 16.6. The molecule has 0 bridgehead atoms. The second-order valence-corrected chi connectivity index (χ2v) is 6.75. The summed E-state index contributed by atoms with van der Waals surface area (Å²) in [6, 6.07) is 10.1. The van der Waals surface area contributed by atoms with E-state index in [1.54, 1.807) is 4.57 Å². The van der Waals surface area contributed by atoms with E-state index in [0.717, 1.165) is 16.9 Å². The minimum absolute atomic E-state index is 0.111. The van der Waals surface area contributed by atoms with Gasteiger partial charge in [0, 0.05) is 6.54 Å². The Kier molecular flexibility index (Phi) is 3.68. The van der Waals surface area contributed by atoms with Crippen LogP contribution in [0.2, 0.25) is 0 Å². The predicted molar refractivity (Wildman–Crippen MR) is 103 cm³/mol. The van der Waals surface area contributed by atoms with Gasteiger partial charge in [-0.05, 0) is 54.0 Å². The summed E-state index contributed by atoms with van der Waals surface area (Å²) in [5.74, 6) is 0.960. The van der Waals surface area contributed by atoms with E-state index in [-0.39, 0.29) is 11.1 Å². The number of carboxylic acid groups (broad SMARTS) is 1. The second-order valence-electron chi connectivity index (χ2n) is 6.75. The molecule has 7 heteroatoms. The minimum atomic E-state index is -1.05. The first-order chi connectivity index (χ1) is 13.6. The third-order valence-corrected chi connectivity index (χ3v) is 5.00. The van der Waals surface area contributed by atoms with E-state index in [4.69, 9.17) is 9.47 Å². The average Bonchev–Trinajstić information content (AvgIpc) is 3.10. The van der Waals surface area contributed by atoms with Gasteiger partial charge in [0.25, 0.3) is 5.56 Å². The van der Waals surface area contributed by atoms with Crippen LogP contribution in [0.15, 0.2) is 41.2 Å². The molecule has 0 unspecified atom stereocenters. The van der Waals surface area contributed by atoms with Gasteiger partial charge in [0.05, 0.1) is 16.5 Å². The molecule has 0 radical (unpaired) electrons. The van der Waals surface area contributed by atoms with Gasteiger partial charge in [-0.1, -0.05) is 6.07 Å². The fourth-order valence-electron chi connectivity index (χ4n) is 3.64. The van der Waals surface area contributed by atoms with Crippen LogP contribution < -0.4 is 15.0 Å². The molecule has 0 saturated carbocycles. The van der Waals surface area contributed by atoms with Crippen molar-refractivity contribution in [3.63, 3.8) is 0 Å². The molecule has 2 aromatic carbocycles. The van der Waals surface area contributed by atoms with Crippen molar-refractivity contribution in [3.05, 3.63) is 63.7 Å². The quantitative estimate of drug-likeness (QED) is 0.740. The van der Waals surface area contributed by atoms with Crippen molar-refractivity contribution < 1.29 is 19.4 Å². The van der Waals surface area contributed by atoms with Crippen LogP contribution in [0.3, 0.4) is 0 Å². The van der Waals surface area contributed by atoms with Crippen LogP contribution in [-0.4, -0.2) is 33.8 Å². The lowest BCUT2D eigenvalue weighted by Crippen LogP contribution is -2.21. The Morgan fingerprint density at radius 3 is 2.75 bits per heavy atom. The van der Waals surface area contributed by atoms with E-state index >= 15 is 0 Å². The molecule has 2 aliphatic rings. The molecule has 3 aromatic rings. The number of benzene rings is 2. The lowest BCUT2D eigenvalue weighted by Gasteiger charge is -2.18. The third kappa shape index (κ3) is 2.63. The number of carbonyl (C=O) groups is 1. The monoisotopic (exact) mass is 376 g/mol. The zero-order chi connectivity index (χ0) is 19.3. The molecule has 3 heterocycles. The molecule has 5 rings (SSSR count). The molecule has 7 nitrogen and oxygen atoms in total. The standard InChI is InChI=1S/C21H16N2O5/c24-20-15-3-2-14(21(25)26)11-16(15)22-19-13(5-6-23(19)20)9-12-1-4-17-18(10-12)28-8-7-27-17/h1-4,9-11H,5-8H2,(H,25,26)/b13-9+. The van der Waals surface area contributed by atoms with Gasteiger partial charge < -0.3 is 14.6 Å². The maximum atomic E-state index is 12.8. The van der Waals surface area contributed by atoms with Crippen LogP contribution in [-0.2, 0) is 6.54 Å². The molecular weight excluding hydrogens is 360 g/mol. The largest absolute Gasteiger partial charge is 0.486 e. The first-order valence-corrected chi connectivity index (χ1v) is 8.99. The summed E-state index contributed by atoms with van der Waals surface area (Å²) in [7, 11) is 0. The Morgan fingerprint density at radius 1 is 1.11 bits per heavy atom. The molecule has 140 valence electrons. The van der Waals surface area contributed by atoms with E-state index in [0.29, 0.717) is 48.7 Å². The summed E-state index contributed by atoms with van der Waals surface area (Å²) in [6.45, 7) is 1.61. The molecule has 0 fully saturated rings. The van der Waals surface area contributed by atoms with Crippen LogP contribution in [0, 0.1) is 0 Å². The van der Waals surface area contributed by atoms with Gasteiger partial charge in [-0.25, -0.2) is 9.78 Å². The van der Waals surface area contributed by atoms with Gasteiger partial charge in [0.15, 0.2) is 11.5 Å². The van der Waals surface area contributed by atoms with Gasteiger partial charge in [-0.3, -0.25) is 9.36 Å². The molecule has 28 heavy (non-hydrogen) atoms. The number of rotatable bonds is 2. The maximum Gasteiger partial charge on any atom is 0.335 e. The Morgan fingerprint density at radius 2 is 1.93 bits per heavy atom. The van der Waals surface area contributed by atoms with E-state index in [1.807, 2.05) is 24.3 Å². The smallest absolute Gasteiger partial charge is 0.335 e. The number of hydrogen-bond acceptors (Lipinski definition) is 5. The Labute approximate surface area is 159 Å². The topological polar surface area (TPSA) is 90.7 Å². The molecule has 1 aromatic heterocycles. The average molecular weight is 376 g/mol. The van der Waals surface area contributed by atoms with E-state index < -0.39 is 5.97 Å². The Hall–Kier alpha value is -3.61. The van der Waals surface area contributed by atoms with Gasteiger partial charge in [0.2, 0.25) is 0 Å². The van der Waals surface area contributed by atoms with Gasteiger partial charge in [0.1, 0.15) is 19.0 Å². The first-order valence-electron chi connectivity index (χ1n) is 8.99. The van der Waals surface area contributed by atoms with Crippen molar-refractivity contribution in [1.82, 2.24) is 9.55 Å². The predicted octanol–water partition coefficient (Wildman–Crippen LogP) is 2.81. The summed E-state index contributed by atoms with van der Waals surface area (Å²) in [5.41, 5.74) is 2.21. The van der Waals surface area contributed by atoms with Crippen LogP contribution in [0.1, 0.15) is 28.2 Å². The first kappa shape index (κ1) is 16.6. The van der Waals surface area contributed by atoms with Crippen molar-refractivity contribution in [1.29, 1.82) is 0 Å². The van der Waals surface area contributed by atoms with Crippen molar-refractivity contribution in [3.8, 4) is 11.5 Å². The molecule has 0 saturated heterocycles. The van der Waals surface area contributed by atoms with Crippen LogP contribution >= 0.6 is 0 Å². The van der Waals surface area contributed by atoms with Crippen molar-refractivity contribution in [2.45, 2.75) is 13.0 Å². The Bertz CT molecular complexity index is 1230. The third-order valence-electron chi connectivity index (χ3n) is 5.00. The van der Waals surface area contributed by atoms with Gasteiger partial charge >= 0.3 is 5.97 Å². The maximum absolute atomic E-state index is 12.8. The zero-order valence-corrected chi connectivity index (χ0v) is 14.8. The van der Waals surface area contributed by atoms with E-state index in [9.17, 15) is 14.7 Å². The van der Waals surface area contributed by atoms with Crippen molar-refractivity contribution in [2.24, 2.45) is 0 Å². The number of fused-ring (bicyclic) bond motifs is 3. The number of aromatic carboxylic acids is 1. The normalized spacial score (nSPS) is 16.4. The zero-order valence-electron chi connectivity index (χ0n) is 14.8. The molecule has 2 aliphatic heterocycles. The molecule has 1 N–H and O–H groups in total. The van der Waals surface area contributed by atoms with E-state index in [2.05, 4.69) is 4.98 Å². The number of ether oxygens (including phenoxy) is 2. The van der Waals surface area contributed by atoms with Crippen LogP contribution in [0.4, 0.5) is 0 Å². The molecule has 0 aliphatic carbocycles. The van der Waals surface area contributed by atoms with Crippen molar-refractivity contribution >= 4 is 28.5 Å². The molecule has 0 spiro atoms. The highest BCUT2D eigenvalue weighted by molar-refractivity contribution is 5.93. The lowest BCUT2D eigenvalue weighted by atomic mass is 10.1. The second kappa shape index (κ2) is 6.23. The summed E-state index contributed by atoms with van der Waals surface area (Å²) < 4.78 is 12.8. The lowest BCUT2D eigenvalue weighted by molar-refractivity contribution is 0.0697. The fourth-order valence-corrected chi connectivity index (χ4v) is 3.64. The summed E-state index contributed by atoms with van der Waals surface area (Å²) in [6.07, 6.45) is 2.66. The highest BCUT2D eigenvalue weighted by Crippen LogP contribution is 2.33. The molecular formula is C21H16N2O5. The summed E-state index contributed by atoms with van der Waals surface area (Å²) in [4.78, 5) is 28.6. The summed E-state index contributed by atoms with van der Waals surface area (Å²) in [5, 5.41) is 9.63. The van der Waals surface area contributed by atoms with Gasteiger partial charge in [-0.15, -0.1) is 0 Å². The number of aromatic nitrogens is 2. The molecule has 0 amide bonds.